The average molecular weight is 413 g/mol. The number of nitrogens with zero attached hydrogens (tertiary/aromatic N) is 3. The zero-order valence-corrected chi connectivity index (χ0v) is 18.1. The van der Waals surface area contributed by atoms with Gasteiger partial charge in [0.1, 0.15) is 5.75 Å². The molecule has 3 heterocycles. The van der Waals surface area contributed by atoms with Gasteiger partial charge in [0.2, 0.25) is 0 Å². The van der Waals surface area contributed by atoms with Crippen molar-refractivity contribution in [3.63, 3.8) is 0 Å². The van der Waals surface area contributed by atoms with Crippen LogP contribution in [-0.4, -0.2) is 71.9 Å². The van der Waals surface area contributed by atoms with Gasteiger partial charge in [0.05, 0.1) is 25.3 Å². The van der Waals surface area contributed by atoms with Crippen molar-refractivity contribution >= 4 is 16.9 Å². The molecule has 7 nitrogen and oxygen atoms in total. The van der Waals surface area contributed by atoms with E-state index in [4.69, 9.17) is 4.74 Å². The Morgan fingerprint density at radius 1 is 1.23 bits per heavy atom. The Morgan fingerprint density at radius 3 is 2.60 bits per heavy atom. The molecular weight excluding hydrogens is 380 g/mol. The molecule has 7 heteroatoms. The van der Waals surface area contributed by atoms with Crippen LogP contribution in [0.5, 0.6) is 5.75 Å². The van der Waals surface area contributed by atoms with Crippen LogP contribution in [0.15, 0.2) is 18.2 Å². The molecule has 0 radical (unpaired) electrons. The second-order valence-electron chi connectivity index (χ2n) is 9.41. The van der Waals surface area contributed by atoms with Gasteiger partial charge in [0.15, 0.2) is 0 Å². The van der Waals surface area contributed by atoms with Crippen molar-refractivity contribution in [2.24, 2.45) is 7.05 Å². The number of fused-ring (bicyclic) bond motifs is 4. The van der Waals surface area contributed by atoms with E-state index in [1.54, 1.807) is 7.11 Å². The lowest BCUT2D eigenvalue weighted by atomic mass is 9.69. The van der Waals surface area contributed by atoms with Gasteiger partial charge in [0.25, 0.3) is 0 Å². The largest absolute Gasteiger partial charge is 0.497 e. The number of benzene rings is 1. The molecule has 0 unspecified atom stereocenters. The third-order valence-electron chi connectivity index (χ3n) is 7.41. The number of aliphatic hydroxyl groups excluding tert-OH is 1. The molecule has 2 amide bonds. The number of methoxy groups -OCH3 is 1. The Labute approximate surface area is 177 Å². The summed E-state index contributed by atoms with van der Waals surface area (Å²) >= 11 is 0. The second kappa shape index (κ2) is 7.17. The number of carbonyl (C=O) groups is 1. The molecule has 1 spiro atoms. The van der Waals surface area contributed by atoms with Gasteiger partial charge in [-0.1, -0.05) is 12.8 Å². The summed E-state index contributed by atoms with van der Waals surface area (Å²) in [5.74, 6) is 0.816. The number of urea groups is 1. The van der Waals surface area contributed by atoms with Crippen molar-refractivity contribution in [3.05, 3.63) is 29.5 Å². The number of likely N-dealkylation sites (N-methyl/N-ethyl adjacent to an activating group) is 1. The predicted molar refractivity (Wildman–Crippen MR) is 116 cm³/mol. The number of likely N-dealkylation sites (tertiary alicyclic amines) is 1. The lowest BCUT2D eigenvalue weighted by Crippen LogP contribution is -2.67. The van der Waals surface area contributed by atoms with Gasteiger partial charge in [-0.2, -0.15) is 0 Å². The molecule has 3 aliphatic rings. The van der Waals surface area contributed by atoms with Gasteiger partial charge in [-0.25, -0.2) is 4.79 Å². The Balaban J connectivity index is 1.62. The molecule has 1 aliphatic carbocycles. The number of ether oxygens (including phenoxy) is 1. The molecule has 1 atom stereocenters. The fourth-order valence-electron chi connectivity index (χ4n) is 6.14. The van der Waals surface area contributed by atoms with Crippen LogP contribution in [0, 0.1) is 0 Å². The lowest BCUT2D eigenvalue weighted by molar-refractivity contribution is 0.0239. The summed E-state index contributed by atoms with van der Waals surface area (Å²) < 4.78 is 7.62. The predicted octanol–water partition coefficient (Wildman–Crippen LogP) is 2.37. The third kappa shape index (κ3) is 2.82. The normalized spacial score (nSPS) is 23.6. The molecule has 2 aromatic rings. The van der Waals surface area contributed by atoms with Crippen molar-refractivity contribution in [2.45, 2.75) is 43.2 Å². The Hall–Kier alpha value is -2.25. The van der Waals surface area contributed by atoms with Crippen LogP contribution in [0.25, 0.3) is 10.9 Å². The summed E-state index contributed by atoms with van der Waals surface area (Å²) in [5.41, 5.74) is 3.34. The molecular formula is C23H32N4O3. The Kier molecular flexibility index (Phi) is 4.71. The number of amides is 2. The monoisotopic (exact) mass is 412 g/mol. The van der Waals surface area contributed by atoms with Crippen molar-refractivity contribution in [1.82, 2.24) is 19.7 Å². The Morgan fingerprint density at radius 2 is 1.97 bits per heavy atom. The summed E-state index contributed by atoms with van der Waals surface area (Å²) in [5, 5.41) is 14.9. The highest BCUT2D eigenvalue weighted by atomic mass is 16.5. The highest BCUT2D eigenvalue weighted by Gasteiger charge is 2.53. The van der Waals surface area contributed by atoms with Crippen LogP contribution in [0.3, 0.4) is 0 Å². The first kappa shape index (κ1) is 19.7. The van der Waals surface area contributed by atoms with E-state index < -0.39 is 0 Å². The minimum absolute atomic E-state index is 0.0386. The number of hydrogen-bond donors (Lipinski definition) is 2. The van der Waals surface area contributed by atoms with E-state index in [-0.39, 0.29) is 30.1 Å². The zero-order valence-electron chi connectivity index (χ0n) is 18.1. The van der Waals surface area contributed by atoms with Crippen molar-refractivity contribution in [2.75, 3.05) is 40.4 Å². The van der Waals surface area contributed by atoms with E-state index in [2.05, 4.69) is 34.0 Å². The molecule has 0 bridgehead atoms. The van der Waals surface area contributed by atoms with Gasteiger partial charge >= 0.3 is 6.03 Å². The van der Waals surface area contributed by atoms with E-state index in [1.807, 2.05) is 18.0 Å². The van der Waals surface area contributed by atoms with E-state index in [0.717, 1.165) is 42.9 Å². The molecule has 2 aliphatic heterocycles. The third-order valence-corrected chi connectivity index (χ3v) is 7.41. The van der Waals surface area contributed by atoms with Gasteiger partial charge in [-0.15, -0.1) is 0 Å². The highest BCUT2D eigenvalue weighted by Crippen LogP contribution is 2.49. The maximum atomic E-state index is 13.3. The number of aryl methyl sites for hydroxylation is 1. The van der Waals surface area contributed by atoms with Crippen LogP contribution >= 0.6 is 0 Å². The fraction of sp³-hybridized carbons (Fsp3) is 0.609. The van der Waals surface area contributed by atoms with Gasteiger partial charge in [-0.3, -0.25) is 0 Å². The van der Waals surface area contributed by atoms with Crippen molar-refractivity contribution in [1.29, 1.82) is 0 Å². The number of carbonyl (C=O) groups excluding carboxylic acids is 1. The fourth-order valence-corrected chi connectivity index (χ4v) is 6.14. The number of aromatic nitrogens is 1. The molecule has 2 N–H and O–H groups in total. The molecule has 5 rings (SSSR count). The molecule has 2 fully saturated rings. The van der Waals surface area contributed by atoms with Crippen LogP contribution in [0.2, 0.25) is 0 Å². The van der Waals surface area contributed by atoms with E-state index in [0.29, 0.717) is 6.54 Å². The molecule has 1 saturated carbocycles. The number of rotatable bonds is 3. The van der Waals surface area contributed by atoms with Crippen LogP contribution in [0.4, 0.5) is 4.79 Å². The number of aliphatic hydroxyl groups is 1. The summed E-state index contributed by atoms with van der Waals surface area (Å²) in [4.78, 5) is 17.5. The van der Waals surface area contributed by atoms with E-state index in [9.17, 15) is 9.90 Å². The molecule has 162 valence electrons. The quantitative estimate of drug-likeness (QED) is 0.812. The molecule has 30 heavy (non-hydrogen) atoms. The van der Waals surface area contributed by atoms with Crippen LogP contribution in [0.1, 0.15) is 43.0 Å². The summed E-state index contributed by atoms with van der Waals surface area (Å²) in [6.45, 7) is 2.38. The first-order chi connectivity index (χ1) is 14.5. The number of hydrogen-bond acceptors (Lipinski definition) is 4. The van der Waals surface area contributed by atoms with Crippen LogP contribution < -0.4 is 10.1 Å². The van der Waals surface area contributed by atoms with E-state index in [1.165, 1.54) is 23.8 Å². The lowest BCUT2D eigenvalue weighted by Gasteiger charge is -2.55. The van der Waals surface area contributed by atoms with Gasteiger partial charge < -0.3 is 29.5 Å². The maximum Gasteiger partial charge on any atom is 0.318 e. The Bertz CT molecular complexity index is 972. The first-order valence-corrected chi connectivity index (χ1v) is 11.0. The average Bonchev–Trinajstić information content (AvgIpc) is 3.33. The number of nitrogens with one attached hydrogen (secondary N) is 1. The van der Waals surface area contributed by atoms with Crippen LogP contribution in [-0.2, 0) is 12.5 Å². The minimum atomic E-state index is -0.346. The van der Waals surface area contributed by atoms with Gasteiger partial charge in [0, 0.05) is 55.3 Å². The minimum Gasteiger partial charge on any atom is -0.497 e. The standard InChI is InChI=1S/C23H32N4O3/c1-25-12-23(13-25)14-27(22(29)24-15-6-4-5-7-15)19(11-28)21-20(23)17-9-8-16(30-3)10-18(17)26(21)2/h8-10,15,19,28H,4-7,11-14H2,1-3H3,(H,24,29)/t19-/m1/s1. The van der Waals surface area contributed by atoms with Crippen molar-refractivity contribution < 1.29 is 14.6 Å². The summed E-state index contributed by atoms with van der Waals surface area (Å²) in [7, 11) is 5.84. The zero-order chi connectivity index (χ0) is 21.0. The first-order valence-electron chi connectivity index (χ1n) is 11.0. The SMILES string of the molecule is COc1ccc2c3c(n(C)c2c1)[C@@H](CO)N(C(=O)NC1CCCC1)CC31CN(C)C1. The summed E-state index contributed by atoms with van der Waals surface area (Å²) in [6.07, 6.45) is 4.46. The highest BCUT2D eigenvalue weighted by molar-refractivity contribution is 5.90. The molecule has 1 saturated heterocycles. The van der Waals surface area contributed by atoms with E-state index >= 15 is 0 Å². The summed E-state index contributed by atoms with van der Waals surface area (Å²) in [6, 6.07) is 6.07. The molecule has 1 aromatic heterocycles. The second-order valence-corrected chi connectivity index (χ2v) is 9.41. The molecule has 1 aromatic carbocycles. The van der Waals surface area contributed by atoms with Gasteiger partial charge in [-0.05, 0) is 37.6 Å². The maximum absolute atomic E-state index is 13.3. The van der Waals surface area contributed by atoms with Crippen molar-refractivity contribution in [3.8, 4) is 5.75 Å². The smallest absolute Gasteiger partial charge is 0.318 e. The topological polar surface area (TPSA) is 70.0 Å².